The highest BCUT2D eigenvalue weighted by Crippen LogP contribution is 2.48. The first kappa shape index (κ1) is 29.9. The van der Waals surface area contributed by atoms with E-state index in [0.717, 1.165) is 69.2 Å². The molecule has 0 amide bonds. The minimum absolute atomic E-state index is 0.0721. The summed E-state index contributed by atoms with van der Waals surface area (Å²) in [5, 5.41) is 11.1. The molecular formula is C31H46ClN3O4. The Balaban J connectivity index is 1.66. The molecule has 0 saturated heterocycles. The number of carboxylic acids is 1. The van der Waals surface area contributed by atoms with Crippen molar-refractivity contribution >= 4 is 29.4 Å². The van der Waals surface area contributed by atoms with Gasteiger partial charge in [-0.3, -0.25) is 0 Å². The smallest absolute Gasteiger partial charge is 0.371 e. The maximum atomic E-state index is 13.6. The summed E-state index contributed by atoms with van der Waals surface area (Å²) in [6.07, 6.45) is 11.4. The van der Waals surface area contributed by atoms with E-state index in [1.165, 1.54) is 19.1 Å². The van der Waals surface area contributed by atoms with E-state index in [1.54, 1.807) is 0 Å². The van der Waals surface area contributed by atoms with E-state index < -0.39 is 11.5 Å². The van der Waals surface area contributed by atoms with Gasteiger partial charge >= 0.3 is 11.9 Å². The van der Waals surface area contributed by atoms with Gasteiger partial charge in [-0.25, -0.2) is 14.6 Å². The highest BCUT2D eigenvalue weighted by Gasteiger charge is 2.59. The standard InChI is InChI=1S/C31H46ClN3O4/c1-5-6-20-31(30(38)39-4)27(35(28(33-31)29(36)37)25-10-8-7-9-11-25)23-14-12-21(13-15-23)26(34(2)3)22-16-18-24(32)19-17-22/h16-19,21,23,25-27H,5-15,20H2,1-4H3,(H,36,37). The van der Waals surface area contributed by atoms with Crippen LogP contribution in [0.15, 0.2) is 29.3 Å². The second kappa shape index (κ2) is 13.0. The Morgan fingerprint density at radius 2 is 1.74 bits per heavy atom. The molecule has 0 aromatic heterocycles. The van der Waals surface area contributed by atoms with Gasteiger partial charge in [0, 0.05) is 17.1 Å². The first-order valence-corrected chi connectivity index (χ1v) is 15.2. The van der Waals surface area contributed by atoms with Crippen LogP contribution in [0.2, 0.25) is 5.02 Å². The quantitative estimate of drug-likeness (QED) is 0.336. The number of unbranched alkanes of at least 4 members (excludes halogenated alkanes) is 1. The van der Waals surface area contributed by atoms with Gasteiger partial charge in [0.05, 0.1) is 13.2 Å². The van der Waals surface area contributed by atoms with Crippen molar-refractivity contribution in [2.75, 3.05) is 21.2 Å². The van der Waals surface area contributed by atoms with Gasteiger partial charge in [0.15, 0.2) is 5.54 Å². The Morgan fingerprint density at radius 3 is 2.28 bits per heavy atom. The summed E-state index contributed by atoms with van der Waals surface area (Å²) in [4.78, 5) is 35.4. The highest BCUT2D eigenvalue weighted by molar-refractivity contribution is 6.35. The molecule has 2 fully saturated rings. The lowest BCUT2D eigenvalue weighted by Gasteiger charge is -2.47. The lowest BCUT2D eigenvalue weighted by Crippen LogP contribution is -2.59. The third kappa shape index (κ3) is 6.14. The number of halogens is 1. The van der Waals surface area contributed by atoms with Crippen LogP contribution in [0.3, 0.4) is 0 Å². The van der Waals surface area contributed by atoms with Gasteiger partial charge in [-0.2, -0.15) is 0 Å². The number of carbonyl (C=O) groups is 2. The van der Waals surface area contributed by atoms with Crippen LogP contribution < -0.4 is 0 Å². The normalized spacial score (nSPS) is 28.8. The molecule has 3 unspecified atom stereocenters. The van der Waals surface area contributed by atoms with Crippen LogP contribution in [-0.4, -0.2) is 71.5 Å². The zero-order chi connectivity index (χ0) is 28.2. The van der Waals surface area contributed by atoms with Crippen molar-refractivity contribution in [2.24, 2.45) is 16.8 Å². The number of carboxylic acid groups (broad SMARTS) is 1. The number of ether oxygens (including phenoxy) is 1. The first-order valence-electron chi connectivity index (χ1n) is 14.8. The summed E-state index contributed by atoms with van der Waals surface area (Å²) in [6, 6.07) is 8.28. The molecule has 7 nitrogen and oxygen atoms in total. The average molecular weight is 560 g/mol. The molecule has 1 N–H and O–H groups in total. The predicted octanol–water partition coefficient (Wildman–Crippen LogP) is 6.35. The number of aliphatic imine (C=N–C) groups is 1. The topological polar surface area (TPSA) is 82.4 Å². The molecule has 1 heterocycles. The van der Waals surface area contributed by atoms with Crippen molar-refractivity contribution in [2.45, 2.75) is 108 Å². The van der Waals surface area contributed by atoms with Gasteiger partial charge < -0.3 is 19.6 Å². The van der Waals surface area contributed by atoms with E-state index >= 15 is 0 Å². The zero-order valence-electron chi connectivity index (χ0n) is 24.1. The average Bonchev–Trinajstić information content (AvgIpc) is 3.30. The molecule has 1 aromatic carbocycles. The molecule has 8 heteroatoms. The summed E-state index contributed by atoms with van der Waals surface area (Å²) < 4.78 is 5.39. The molecule has 3 aliphatic rings. The van der Waals surface area contributed by atoms with Crippen LogP contribution in [-0.2, 0) is 14.3 Å². The molecule has 0 radical (unpaired) electrons. The molecule has 4 rings (SSSR count). The Hall–Kier alpha value is -2.12. The van der Waals surface area contributed by atoms with Gasteiger partial charge in [-0.1, -0.05) is 62.8 Å². The van der Waals surface area contributed by atoms with Crippen LogP contribution >= 0.6 is 11.6 Å². The lowest BCUT2D eigenvalue weighted by atomic mass is 9.68. The Labute approximate surface area is 238 Å². The van der Waals surface area contributed by atoms with E-state index in [9.17, 15) is 14.7 Å². The largest absolute Gasteiger partial charge is 0.475 e. The number of rotatable bonds is 10. The Kier molecular flexibility index (Phi) is 9.97. The molecule has 39 heavy (non-hydrogen) atoms. The summed E-state index contributed by atoms with van der Waals surface area (Å²) in [5.74, 6) is -0.704. The predicted molar refractivity (Wildman–Crippen MR) is 155 cm³/mol. The Bertz CT molecular complexity index is 1020. The zero-order valence-corrected chi connectivity index (χ0v) is 24.8. The van der Waals surface area contributed by atoms with Crippen LogP contribution in [0.1, 0.15) is 95.6 Å². The fourth-order valence-electron chi connectivity index (χ4n) is 7.73. The van der Waals surface area contributed by atoms with E-state index in [2.05, 4.69) is 43.0 Å². The first-order chi connectivity index (χ1) is 18.7. The van der Waals surface area contributed by atoms with Crippen LogP contribution in [0.5, 0.6) is 0 Å². The number of benzene rings is 1. The summed E-state index contributed by atoms with van der Waals surface area (Å²) in [5.41, 5.74) is 0.103. The summed E-state index contributed by atoms with van der Waals surface area (Å²) >= 11 is 6.18. The number of amidine groups is 1. The lowest BCUT2D eigenvalue weighted by molar-refractivity contribution is -0.150. The molecule has 1 aromatic rings. The highest BCUT2D eigenvalue weighted by atomic mass is 35.5. The van der Waals surface area contributed by atoms with Gasteiger partial charge in [-0.05, 0) is 88.6 Å². The van der Waals surface area contributed by atoms with Gasteiger partial charge in [-0.15, -0.1) is 0 Å². The van der Waals surface area contributed by atoms with Crippen molar-refractivity contribution in [3.8, 4) is 0 Å². The molecule has 0 spiro atoms. The Morgan fingerprint density at radius 1 is 1.10 bits per heavy atom. The van der Waals surface area contributed by atoms with E-state index in [0.29, 0.717) is 12.3 Å². The molecule has 0 bridgehead atoms. The minimum Gasteiger partial charge on any atom is -0.475 e. The molecule has 3 atom stereocenters. The SMILES string of the molecule is CCCCC1(C(=O)OC)N=C(C(=O)O)N(C2CCCCC2)C1C1CCC(C(c2ccc(Cl)cc2)N(C)C)CC1. The summed E-state index contributed by atoms with van der Waals surface area (Å²) in [6.45, 7) is 2.10. The van der Waals surface area contributed by atoms with Gasteiger partial charge in [0.1, 0.15) is 0 Å². The number of carbonyl (C=O) groups excluding carboxylic acids is 1. The molecule has 216 valence electrons. The van der Waals surface area contributed by atoms with Gasteiger partial charge in [0.25, 0.3) is 0 Å². The van der Waals surface area contributed by atoms with Crippen molar-refractivity contribution in [1.29, 1.82) is 0 Å². The van der Waals surface area contributed by atoms with Crippen molar-refractivity contribution in [3.05, 3.63) is 34.9 Å². The molecule has 2 saturated carbocycles. The number of nitrogens with zero attached hydrogens (tertiary/aromatic N) is 3. The number of aliphatic carboxylic acids is 1. The molecule has 2 aliphatic carbocycles. The van der Waals surface area contributed by atoms with E-state index in [-0.39, 0.29) is 35.8 Å². The number of esters is 1. The monoisotopic (exact) mass is 559 g/mol. The van der Waals surface area contributed by atoms with Crippen LogP contribution in [0, 0.1) is 11.8 Å². The molecule has 1 aliphatic heterocycles. The number of hydrogen-bond donors (Lipinski definition) is 1. The van der Waals surface area contributed by atoms with Crippen molar-refractivity contribution < 1.29 is 19.4 Å². The third-order valence-corrected chi connectivity index (χ3v) is 9.68. The third-order valence-electron chi connectivity index (χ3n) is 9.43. The second-order valence-electron chi connectivity index (χ2n) is 12.0. The minimum atomic E-state index is -1.16. The number of methoxy groups -OCH3 is 1. The van der Waals surface area contributed by atoms with Crippen molar-refractivity contribution in [1.82, 2.24) is 9.80 Å². The summed E-state index contributed by atoms with van der Waals surface area (Å²) in [7, 11) is 5.68. The molecular weight excluding hydrogens is 514 g/mol. The maximum Gasteiger partial charge on any atom is 0.371 e. The fourth-order valence-corrected chi connectivity index (χ4v) is 7.86. The van der Waals surface area contributed by atoms with Crippen LogP contribution in [0.25, 0.3) is 0 Å². The second-order valence-corrected chi connectivity index (χ2v) is 12.5. The maximum absolute atomic E-state index is 13.6. The van der Waals surface area contributed by atoms with Crippen molar-refractivity contribution in [3.63, 3.8) is 0 Å². The fraction of sp³-hybridized carbons (Fsp3) is 0.710. The van der Waals surface area contributed by atoms with E-state index in [4.69, 9.17) is 21.3 Å². The van der Waals surface area contributed by atoms with Gasteiger partial charge in [0.2, 0.25) is 5.84 Å². The van der Waals surface area contributed by atoms with E-state index in [1.807, 2.05) is 12.1 Å². The number of hydrogen-bond acceptors (Lipinski definition) is 6. The van der Waals surface area contributed by atoms with Crippen LogP contribution in [0.4, 0.5) is 0 Å².